The van der Waals surface area contributed by atoms with E-state index in [-0.39, 0.29) is 5.91 Å². The smallest absolute Gasteiger partial charge is 0.225 e. The Hall–Kier alpha value is -1.95. The van der Waals surface area contributed by atoms with E-state index in [1.807, 2.05) is 18.2 Å². The fraction of sp³-hybridized carbons (Fsp3) is 0.400. The average molecular weight is 305 g/mol. The van der Waals surface area contributed by atoms with Crippen molar-refractivity contribution in [2.75, 3.05) is 11.9 Å². The van der Waals surface area contributed by atoms with Gasteiger partial charge in [0.05, 0.1) is 6.61 Å². The van der Waals surface area contributed by atoms with Gasteiger partial charge in [0.2, 0.25) is 11.0 Å². The summed E-state index contributed by atoms with van der Waals surface area (Å²) in [5.74, 6) is 0.811. The van der Waals surface area contributed by atoms with E-state index in [4.69, 9.17) is 4.74 Å². The van der Waals surface area contributed by atoms with Crippen molar-refractivity contribution in [3.05, 3.63) is 34.3 Å². The van der Waals surface area contributed by atoms with Gasteiger partial charge in [0.15, 0.2) is 0 Å². The molecule has 1 heterocycles. The fourth-order valence-corrected chi connectivity index (χ4v) is 2.41. The zero-order valence-corrected chi connectivity index (χ0v) is 13.3. The lowest BCUT2D eigenvalue weighted by Crippen LogP contribution is -2.08. The molecule has 1 amide bonds. The van der Waals surface area contributed by atoms with Crippen LogP contribution >= 0.6 is 11.3 Å². The molecule has 21 heavy (non-hydrogen) atoms. The highest BCUT2D eigenvalue weighted by Crippen LogP contribution is 2.18. The number of carbonyl (C=O) groups is 1. The highest BCUT2D eigenvalue weighted by atomic mass is 32.1. The van der Waals surface area contributed by atoms with Crippen molar-refractivity contribution in [2.45, 2.75) is 33.6 Å². The summed E-state index contributed by atoms with van der Waals surface area (Å²) >= 11 is 1.38. The molecule has 0 unspecified atom stereocenters. The number of nitrogens with one attached hydrogen (secondary N) is 1. The number of rotatable bonds is 6. The van der Waals surface area contributed by atoms with Crippen LogP contribution in [0, 0.1) is 13.8 Å². The molecule has 5 nitrogen and oxygen atoms in total. The van der Waals surface area contributed by atoms with Gasteiger partial charge in [-0.25, -0.2) is 0 Å². The Balaban J connectivity index is 1.83. The Kier molecular flexibility index (Phi) is 5.27. The molecule has 112 valence electrons. The van der Waals surface area contributed by atoms with Crippen molar-refractivity contribution in [3.8, 4) is 5.75 Å². The molecule has 0 bridgehead atoms. The second-order valence-electron chi connectivity index (χ2n) is 4.75. The molecule has 0 aliphatic carbocycles. The van der Waals surface area contributed by atoms with E-state index in [9.17, 15) is 4.79 Å². The van der Waals surface area contributed by atoms with Crippen LogP contribution in [0.2, 0.25) is 0 Å². The lowest BCUT2D eigenvalue weighted by atomic mass is 10.1. The minimum absolute atomic E-state index is 0.0518. The molecule has 2 aromatic rings. The molecule has 1 aromatic heterocycles. The zero-order chi connectivity index (χ0) is 15.2. The first kappa shape index (κ1) is 15.4. The number of aromatic nitrogens is 2. The van der Waals surface area contributed by atoms with Crippen LogP contribution in [-0.2, 0) is 11.2 Å². The predicted molar refractivity (Wildman–Crippen MR) is 83.9 cm³/mol. The van der Waals surface area contributed by atoms with Crippen LogP contribution in [0.3, 0.4) is 0 Å². The first-order valence-corrected chi connectivity index (χ1v) is 7.72. The van der Waals surface area contributed by atoms with E-state index < -0.39 is 0 Å². The predicted octanol–water partition coefficient (Wildman–Crippen LogP) is 3.12. The minimum Gasteiger partial charge on any atom is -0.493 e. The second kappa shape index (κ2) is 7.17. The number of nitrogens with zero attached hydrogens (tertiary/aromatic N) is 2. The van der Waals surface area contributed by atoms with E-state index in [0.29, 0.717) is 24.6 Å². The molecule has 1 N–H and O–H groups in total. The highest BCUT2D eigenvalue weighted by molar-refractivity contribution is 7.15. The number of hydrogen-bond acceptors (Lipinski definition) is 5. The Morgan fingerprint density at radius 3 is 2.81 bits per heavy atom. The lowest BCUT2D eigenvalue weighted by molar-refractivity contribution is -0.115. The molecule has 6 heteroatoms. The maximum absolute atomic E-state index is 11.3. The normalized spacial score (nSPS) is 10.4. The minimum atomic E-state index is -0.0518. The number of hydrogen-bond donors (Lipinski definition) is 1. The van der Waals surface area contributed by atoms with Crippen LogP contribution in [0.4, 0.5) is 5.13 Å². The van der Waals surface area contributed by atoms with Gasteiger partial charge in [-0.2, -0.15) is 0 Å². The van der Waals surface area contributed by atoms with E-state index in [0.717, 1.165) is 10.8 Å². The molecule has 0 aliphatic rings. The van der Waals surface area contributed by atoms with Gasteiger partial charge >= 0.3 is 0 Å². The molecule has 0 radical (unpaired) electrons. The number of anilines is 1. The van der Waals surface area contributed by atoms with E-state index in [2.05, 4.69) is 29.4 Å². The van der Waals surface area contributed by atoms with Gasteiger partial charge in [0, 0.05) is 12.8 Å². The van der Waals surface area contributed by atoms with Gasteiger partial charge in [-0.15, -0.1) is 10.2 Å². The van der Waals surface area contributed by atoms with Crippen molar-refractivity contribution < 1.29 is 9.53 Å². The maximum Gasteiger partial charge on any atom is 0.225 e. The van der Waals surface area contributed by atoms with Crippen LogP contribution < -0.4 is 10.1 Å². The third-order valence-electron chi connectivity index (χ3n) is 3.10. The maximum atomic E-state index is 11.3. The number of aryl methyl sites for hydroxylation is 2. The molecule has 0 spiro atoms. The molecule has 1 aromatic carbocycles. The zero-order valence-electron chi connectivity index (χ0n) is 12.5. The monoisotopic (exact) mass is 305 g/mol. The number of carbonyl (C=O) groups excluding carboxylic acids is 1. The third kappa shape index (κ3) is 4.53. The molecule has 0 aliphatic heterocycles. The Bertz CT molecular complexity index is 625. The summed E-state index contributed by atoms with van der Waals surface area (Å²) < 4.78 is 5.71. The summed E-state index contributed by atoms with van der Waals surface area (Å²) in [5, 5.41) is 12.1. The summed E-state index contributed by atoms with van der Waals surface area (Å²) in [6.07, 6.45) is 1.11. The fourth-order valence-electron chi connectivity index (χ4n) is 1.67. The largest absolute Gasteiger partial charge is 0.493 e. The summed E-state index contributed by atoms with van der Waals surface area (Å²) in [4.78, 5) is 11.3. The molecule has 0 saturated carbocycles. The lowest BCUT2D eigenvalue weighted by Gasteiger charge is -2.07. The topological polar surface area (TPSA) is 64.1 Å². The molecule has 0 atom stereocenters. The van der Waals surface area contributed by atoms with Gasteiger partial charge in [-0.05, 0) is 37.1 Å². The van der Waals surface area contributed by atoms with Crippen LogP contribution in [0.1, 0.15) is 29.5 Å². The summed E-state index contributed by atoms with van der Waals surface area (Å²) in [5.41, 5.74) is 2.47. The first-order valence-electron chi connectivity index (χ1n) is 6.90. The van der Waals surface area contributed by atoms with E-state index in [1.54, 1.807) is 6.92 Å². The Labute approximate surface area is 128 Å². The van der Waals surface area contributed by atoms with Gasteiger partial charge in [0.1, 0.15) is 10.8 Å². The van der Waals surface area contributed by atoms with Crippen LogP contribution in [0.15, 0.2) is 18.2 Å². The van der Waals surface area contributed by atoms with Crippen molar-refractivity contribution in [1.82, 2.24) is 10.2 Å². The van der Waals surface area contributed by atoms with Gasteiger partial charge in [-0.3, -0.25) is 4.79 Å². The van der Waals surface area contributed by atoms with Crippen molar-refractivity contribution >= 4 is 22.4 Å². The van der Waals surface area contributed by atoms with Crippen LogP contribution in [-0.4, -0.2) is 22.7 Å². The van der Waals surface area contributed by atoms with Gasteiger partial charge in [-0.1, -0.05) is 24.3 Å². The standard InChI is InChI=1S/C15H19N3O2S/c1-4-13(19)16-15-18-17-14(21-15)7-8-20-12-6-5-10(2)11(3)9-12/h5-6,9H,4,7-8H2,1-3H3,(H,16,18,19). The molecular formula is C15H19N3O2S. The van der Waals surface area contributed by atoms with Gasteiger partial charge < -0.3 is 10.1 Å². The SMILES string of the molecule is CCC(=O)Nc1nnc(CCOc2ccc(C)c(C)c2)s1. The van der Waals surface area contributed by atoms with Crippen LogP contribution in [0.25, 0.3) is 0 Å². The Morgan fingerprint density at radius 2 is 2.10 bits per heavy atom. The quantitative estimate of drug-likeness (QED) is 0.890. The number of ether oxygens (including phenoxy) is 1. The Morgan fingerprint density at radius 1 is 1.29 bits per heavy atom. The van der Waals surface area contributed by atoms with Crippen molar-refractivity contribution in [1.29, 1.82) is 0 Å². The van der Waals surface area contributed by atoms with E-state index in [1.165, 1.54) is 22.5 Å². The molecular weight excluding hydrogens is 286 g/mol. The number of benzene rings is 1. The summed E-state index contributed by atoms with van der Waals surface area (Å²) in [6.45, 7) is 6.48. The number of amides is 1. The molecule has 0 saturated heterocycles. The van der Waals surface area contributed by atoms with Crippen LogP contribution in [0.5, 0.6) is 5.75 Å². The summed E-state index contributed by atoms with van der Waals surface area (Å²) in [6, 6.07) is 6.05. The van der Waals surface area contributed by atoms with Crippen molar-refractivity contribution in [3.63, 3.8) is 0 Å². The molecule has 0 fully saturated rings. The van der Waals surface area contributed by atoms with Gasteiger partial charge in [0.25, 0.3) is 0 Å². The average Bonchev–Trinajstić information content (AvgIpc) is 2.90. The molecule has 2 rings (SSSR count). The summed E-state index contributed by atoms with van der Waals surface area (Å²) in [7, 11) is 0. The second-order valence-corrected chi connectivity index (χ2v) is 5.81. The van der Waals surface area contributed by atoms with E-state index >= 15 is 0 Å². The first-order chi connectivity index (χ1) is 10.1. The highest BCUT2D eigenvalue weighted by Gasteiger charge is 2.07. The third-order valence-corrected chi connectivity index (χ3v) is 4.00. The van der Waals surface area contributed by atoms with Crippen molar-refractivity contribution in [2.24, 2.45) is 0 Å².